The van der Waals surface area contributed by atoms with E-state index in [4.69, 9.17) is 8.85 Å². The van der Waals surface area contributed by atoms with Crippen molar-refractivity contribution in [1.29, 1.82) is 0 Å². The maximum absolute atomic E-state index is 12.5. The molecule has 0 bridgehead atoms. The number of ether oxygens (including phenoxy) is 1. The van der Waals surface area contributed by atoms with Gasteiger partial charge in [0.05, 0.1) is 7.74 Å². The fourth-order valence-corrected chi connectivity index (χ4v) is 1.94. The van der Waals surface area contributed by atoms with E-state index in [1.807, 2.05) is 0 Å². The van der Waals surface area contributed by atoms with E-state index in [1.54, 1.807) is 0 Å². The monoisotopic (exact) mass is 275 g/mol. The lowest BCUT2D eigenvalue weighted by molar-refractivity contribution is 0.0845. The van der Waals surface area contributed by atoms with Crippen molar-refractivity contribution in [2.75, 3.05) is 0 Å². The molecule has 0 aromatic heterocycles. The Labute approximate surface area is 118 Å². The minimum Gasteiger partial charge on any atom is -0.508 e. The van der Waals surface area contributed by atoms with E-state index < -0.39 is 29.5 Å². The Morgan fingerprint density at radius 2 is 1.85 bits per heavy atom. The van der Waals surface area contributed by atoms with Crippen molar-refractivity contribution in [3.8, 4) is 23.0 Å². The second-order valence-corrected chi connectivity index (χ2v) is 4.27. The molecule has 2 aromatic rings. The number of ketones is 1. The number of fused-ring (bicyclic) bond motifs is 1. The van der Waals surface area contributed by atoms with Crippen LogP contribution >= 0.6 is 0 Å². The molecule has 1 heterocycles. The molecule has 0 aliphatic carbocycles. The zero-order chi connectivity index (χ0) is 17.0. The highest BCUT2D eigenvalue weighted by atomic mass is 16.5. The Morgan fingerprint density at radius 3 is 2.55 bits per heavy atom. The first-order chi connectivity index (χ1) is 10.7. The summed E-state index contributed by atoms with van der Waals surface area (Å²) in [5.41, 5.74) is -0.420. The summed E-state index contributed by atoms with van der Waals surface area (Å²) in [6.45, 7) is 0. The lowest BCUT2D eigenvalue weighted by Crippen LogP contribution is -2.20. The van der Waals surface area contributed by atoms with Gasteiger partial charge < -0.3 is 20.1 Å². The fraction of sp³-hybridized carbons (Fsp3) is 0.133. The molecule has 5 heteroatoms. The Bertz CT molecular complexity index is 804. The topological polar surface area (TPSA) is 87.0 Å². The van der Waals surface area contributed by atoms with Crippen molar-refractivity contribution in [2.24, 2.45) is 0 Å². The first-order valence-corrected chi connectivity index (χ1v) is 5.76. The lowest BCUT2D eigenvalue weighted by Gasteiger charge is -2.26. The van der Waals surface area contributed by atoms with Gasteiger partial charge in [0, 0.05) is 14.9 Å². The number of hydrogen-bond donors (Lipinski definition) is 3. The molecule has 0 radical (unpaired) electrons. The van der Waals surface area contributed by atoms with Crippen molar-refractivity contribution in [1.82, 2.24) is 0 Å². The number of hydrogen-bond acceptors (Lipinski definition) is 5. The molecule has 0 saturated carbocycles. The number of benzene rings is 2. The second kappa shape index (κ2) is 4.45. The maximum atomic E-state index is 12.5. The number of rotatable bonds is 1. The third kappa shape index (κ3) is 2.03. The van der Waals surface area contributed by atoms with Crippen LogP contribution in [0.3, 0.4) is 0 Å². The van der Waals surface area contributed by atoms with Gasteiger partial charge in [-0.2, -0.15) is 0 Å². The molecule has 0 fully saturated rings. The average Bonchev–Trinajstić information content (AvgIpc) is 2.45. The molecular weight excluding hydrogens is 260 g/mol. The third-order valence-corrected chi connectivity index (χ3v) is 2.86. The maximum Gasteiger partial charge on any atom is 0.174 e. The van der Waals surface area contributed by atoms with Crippen LogP contribution < -0.4 is 4.74 Å². The molecule has 3 N–H and O–H groups in total. The Morgan fingerprint density at radius 1 is 1.15 bits per heavy atom. The molecule has 1 atom stereocenters. The summed E-state index contributed by atoms with van der Waals surface area (Å²) in [5.74, 6) is -2.51. The van der Waals surface area contributed by atoms with Crippen LogP contribution in [0.15, 0.2) is 36.4 Å². The summed E-state index contributed by atoms with van der Waals surface area (Å²) >= 11 is 0. The molecule has 1 aliphatic heterocycles. The first-order valence-electron chi connectivity index (χ1n) is 7.26. The van der Waals surface area contributed by atoms with Gasteiger partial charge in [-0.15, -0.1) is 0 Å². The normalized spacial score (nSPS) is 25.8. The van der Waals surface area contributed by atoms with E-state index in [-0.39, 0.29) is 22.8 Å². The molecule has 102 valence electrons. The number of carbonyl (C=O) groups is 1. The zero-order valence-corrected chi connectivity index (χ0v) is 10.1. The fourth-order valence-electron chi connectivity index (χ4n) is 1.94. The molecule has 5 nitrogen and oxygen atoms in total. The van der Waals surface area contributed by atoms with E-state index in [0.717, 1.165) is 12.1 Å². The summed E-state index contributed by atoms with van der Waals surface area (Å²) < 4.78 is 29.8. The van der Waals surface area contributed by atoms with E-state index in [0.29, 0.717) is 0 Å². The van der Waals surface area contributed by atoms with Crippen molar-refractivity contribution >= 4 is 5.78 Å². The number of phenolic OH excluding ortho intramolecular Hbond substituents is 3. The number of carbonyl (C=O) groups excluding carboxylic acids is 1. The van der Waals surface area contributed by atoms with Gasteiger partial charge in [-0.25, -0.2) is 0 Å². The second-order valence-electron chi connectivity index (χ2n) is 4.27. The minimum atomic E-state index is -2.80. The number of phenols is 3. The summed E-state index contributed by atoms with van der Waals surface area (Å²) in [7, 11) is 0. The van der Waals surface area contributed by atoms with Gasteiger partial charge in [-0.3, -0.25) is 4.79 Å². The number of Topliss-reactive ketones (excluding diaryl/α,β-unsaturated/α-hetero) is 1. The highest BCUT2D eigenvalue weighted by molar-refractivity contribution is 6.02. The predicted molar refractivity (Wildman–Crippen MR) is 70.2 cm³/mol. The Balaban J connectivity index is 2.23. The van der Waals surface area contributed by atoms with Crippen LogP contribution in [0.1, 0.15) is 32.5 Å². The molecular formula is C15H12O5. The summed E-state index contributed by atoms with van der Waals surface area (Å²) in [6.07, 6.45) is -5.24. The van der Waals surface area contributed by atoms with Gasteiger partial charge in [0.15, 0.2) is 5.78 Å². The Hall–Kier alpha value is -2.69. The summed E-state index contributed by atoms with van der Waals surface area (Å²) in [4.78, 5) is 12.5. The van der Waals surface area contributed by atoms with Crippen LogP contribution in [0.4, 0.5) is 0 Å². The van der Waals surface area contributed by atoms with E-state index in [9.17, 15) is 20.1 Å². The van der Waals surface area contributed by atoms with Crippen molar-refractivity contribution in [3.63, 3.8) is 0 Å². The van der Waals surface area contributed by atoms with Crippen LogP contribution in [0.5, 0.6) is 23.0 Å². The molecule has 0 spiro atoms. The quantitative estimate of drug-likeness (QED) is 0.744. The zero-order valence-electron chi connectivity index (χ0n) is 13.1. The molecule has 20 heavy (non-hydrogen) atoms. The van der Waals surface area contributed by atoms with E-state index >= 15 is 0 Å². The van der Waals surface area contributed by atoms with Crippen LogP contribution in [-0.2, 0) is 0 Å². The van der Waals surface area contributed by atoms with Gasteiger partial charge in [0.2, 0.25) is 0 Å². The highest BCUT2D eigenvalue weighted by Crippen LogP contribution is 2.41. The van der Waals surface area contributed by atoms with E-state index in [1.165, 1.54) is 24.3 Å². The first kappa shape index (κ1) is 9.25. The molecule has 0 saturated heterocycles. The lowest BCUT2D eigenvalue weighted by atomic mass is 9.95. The molecule has 3 rings (SSSR count). The van der Waals surface area contributed by atoms with E-state index in [2.05, 4.69) is 0 Å². The Kier molecular flexibility index (Phi) is 2.06. The summed E-state index contributed by atoms with van der Waals surface area (Å²) in [5, 5.41) is 28.6. The standard InChI is InChI=1S/C15H12O5/c16-9-3-1-8(2-4-9)13-7-12(19)15-11(18)5-10(17)6-14(15)20-13/h1-6,13,16-18H,7H2/t13-/m0/s1/i7D2,13D. The minimum absolute atomic E-state index is 0.00197. The van der Waals surface area contributed by atoms with Crippen molar-refractivity contribution in [3.05, 3.63) is 47.5 Å². The predicted octanol–water partition coefficient (Wildman–Crippen LogP) is 2.51. The van der Waals surface area contributed by atoms with Crippen LogP contribution in [0.2, 0.25) is 0 Å². The van der Waals surface area contributed by atoms with Crippen molar-refractivity contribution in [2.45, 2.75) is 12.5 Å². The molecule has 0 amide bonds. The van der Waals surface area contributed by atoms with Gasteiger partial charge in [0.25, 0.3) is 0 Å². The van der Waals surface area contributed by atoms with Gasteiger partial charge >= 0.3 is 0 Å². The SMILES string of the molecule is [2H]C1([2H])C(=O)c2c(O)cc(O)cc2O[C@]1([2H])c1ccc(O)cc1. The van der Waals surface area contributed by atoms with Crippen LogP contribution in [0, 0.1) is 0 Å². The van der Waals surface area contributed by atoms with Gasteiger partial charge in [-0.05, 0) is 17.7 Å². The van der Waals surface area contributed by atoms with Crippen molar-refractivity contribution < 1.29 is 29.0 Å². The van der Waals surface area contributed by atoms with Crippen LogP contribution in [-0.4, -0.2) is 21.1 Å². The highest BCUT2D eigenvalue weighted by Gasteiger charge is 2.30. The average molecular weight is 275 g/mol. The van der Waals surface area contributed by atoms with Gasteiger partial charge in [0.1, 0.15) is 34.6 Å². The van der Waals surface area contributed by atoms with Gasteiger partial charge in [-0.1, -0.05) is 12.1 Å². The smallest absolute Gasteiger partial charge is 0.174 e. The molecule has 1 aliphatic rings. The molecule has 0 unspecified atom stereocenters. The number of aromatic hydroxyl groups is 3. The largest absolute Gasteiger partial charge is 0.508 e. The molecule has 2 aromatic carbocycles. The third-order valence-electron chi connectivity index (χ3n) is 2.86. The summed E-state index contributed by atoms with van der Waals surface area (Å²) in [6, 6.07) is 6.94. The van der Waals surface area contributed by atoms with Crippen LogP contribution in [0.25, 0.3) is 0 Å².